The molecule has 2 aromatic carbocycles. The van der Waals surface area contributed by atoms with Crippen molar-refractivity contribution in [2.75, 3.05) is 11.6 Å². The van der Waals surface area contributed by atoms with Crippen LogP contribution in [0.2, 0.25) is 5.02 Å². The van der Waals surface area contributed by atoms with Gasteiger partial charge in [0.2, 0.25) is 0 Å². The molecule has 0 aliphatic heterocycles. The van der Waals surface area contributed by atoms with E-state index in [9.17, 15) is 13.2 Å². The summed E-state index contributed by atoms with van der Waals surface area (Å²) < 4.78 is 23.4. The van der Waals surface area contributed by atoms with Gasteiger partial charge in [-0.1, -0.05) is 35.9 Å². The van der Waals surface area contributed by atoms with E-state index in [1.807, 2.05) is 18.2 Å². The van der Waals surface area contributed by atoms with Gasteiger partial charge in [-0.05, 0) is 30.7 Å². The van der Waals surface area contributed by atoms with Crippen LogP contribution in [-0.2, 0) is 9.84 Å². The second-order valence-electron chi connectivity index (χ2n) is 5.72. The molecule has 1 amide bonds. The topological polar surface area (TPSA) is 76.1 Å². The minimum Gasteiger partial charge on any atom is -0.298 e. The number of sulfone groups is 1. The van der Waals surface area contributed by atoms with Crippen LogP contribution in [0.15, 0.2) is 52.7 Å². The highest BCUT2D eigenvalue weighted by Gasteiger charge is 2.16. The van der Waals surface area contributed by atoms with E-state index in [0.717, 1.165) is 11.8 Å². The van der Waals surface area contributed by atoms with E-state index >= 15 is 0 Å². The molecule has 26 heavy (non-hydrogen) atoms. The van der Waals surface area contributed by atoms with Crippen molar-refractivity contribution in [3.63, 3.8) is 0 Å². The van der Waals surface area contributed by atoms with Crippen molar-refractivity contribution >= 4 is 43.8 Å². The third kappa shape index (κ3) is 3.95. The van der Waals surface area contributed by atoms with Crippen molar-refractivity contribution in [3.05, 3.63) is 64.0 Å². The normalized spacial score (nSPS) is 11.3. The summed E-state index contributed by atoms with van der Waals surface area (Å²) in [6.45, 7) is 1.75. The van der Waals surface area contributed by atoms with Crippen LogP contribution in [0.4, 0.5) is 5.13 Å². The summed E-state index contributed by atoms with van der Waals surface area (Å²) in [5.74, 6) is -0.409. The largest absolute Gasteiger partial charge is 0.298 e. The molecule has 1 N–H and O–H groups in total. The summed E-state index contributed by atoms with van der Waals surface area (Å²) in [5, 5.41) is 5.51. The van der Waals surface area contributed by atoms with Crippen molar-refractivity contribution in [2.45, 2.75) is 11.8 Å². The van der Waals surface area contributed by atoms with Crippen LogP contribution in [0.1, 0.15) is 15.9 Å². The molecule has 8 heteroatoms. The number of carbonyl (C=O) groups excluding carboxylic acids is 1. The van der Waals surface area contributed by atoms with Crippen LogP contribution in [0.5, 0.6) is 0 Å². The standard InChI is InChI=1S/C18H15ClN2O3S2/c1-11-7-8-12(26(2,23)24)9-14(11)17(22)21-18-20-16(10-25-18)13-5-3-4-6-15(13)19/h3-10H,1-2H3,(H,20,21,22). The van der Waals surface area contributed by atoms with Gasteiger partial charge in [-0.2, -0.15) is 0 Å². The minimum atomic E-state index is -3.39. The zero-order valence-electron chi connectivity index (χ0n) is 14.0. The van der Waals surface area contributed by atoms with Gasteiger partial charge in [-0.15, -0.1) is 11.3 Å². The summed E-state index contributed by atoms with van der Waals surface area (Å²) in [4.78, 5) is 17.1. The van der Waals surface area contributed by atoms with Crippen LogP contribution in [0.3, 0.4) is 0 Å². The second kappa shape index (κ2) is 7.19. The minimum absolute atomic E-state index is 0.101. The first-order valence-electron chi connectivity index (χ1n) is 7.58. The maximum Gasteiger partial charge on any atom is 0.257 e. The highest BCUT2D eigenvalue weighted by molar-refractivity contribution is 7.90. The van der Waals surface area contributed by atoms with Gasteiger partial charge in [0, 0.05) is 27.8 Å². The molecule has 1 heterocycles. The molecule has 5 nitrogen and oxygen atoms in total. The lowest BCUT2D eigenvalue weighted by Crippen LogP contribution is -2.14. The van der Waals surface area contributed by atoms with E-state index < -0.39 is 15.7 Å². The smallest absolute Gasteiger partial charge is 0.257 e. The fraction of sp³-hybridized carbons (Fsp3) is 0.111. The van der Waals surface area contributed by atoms with Gasteiger partial charge in [0.15, 0.2) is 15.0 Å². The molecule has 0 aliphatic carbocycles. The Morgan fingerprint density at radius 1 is 1.19 bits per heavy atom. The fourth-order valence-electron chi connectivity index (χ4n) is 2.36. The Morgan fingerprint density at radius 3 is 2.62 bits per heavy atom. The van der Waals surface area contributed by atoms with Gasteiger partial charge in [-0.25, -0.2) is 13.4 Å². The number of benzene rings is 2. The maximum absolute atomic E-state index is 12.6. The first kappa shape index (κ1) is 18.6. The molecular weight excluding hydrogens is 392 g/mol. The third-order valence-corrected chi connectivity index (χ3v) is 5.95. The van der Waals surface area contributed by atoms with Gasteiger partial charge in [0.25, 0.3) is 5.91 Å². The summed E-state index contributed by atoms with van der Waals surface area (Å²) in [5.41, 5.74) is 2.42. The number of rotatable bonds is 4. The predicted octanol–water partition coefficient (Wildman–Crippen LogP) is 4.43. The lowest BCUT2D eigenvalue weighted by Gasteiger charge is -2.07. The molecule has 0 saturated carbocycles. The SMILES string of the molecule is Cc1ccc(S(C)(=O)=O)cc1C(=O)Nc1nc(-c2ccccc2Cl)cs1. The Labute approximate surface area is 160 Å². The monoisotopic (exact) mass is 406 g/mol. The molecule has 1 aromatic heterocycles. The number of nitrogens with one attached hydrogen (secondary N) is 1. The van der Waals surface area contributed by atoms with Crippen molar-refractivity contribution in [3.8, 4) is 11.3 Å². The molecule has 3 rings (SSSR count). The Kier molecular flexibility index (Phi) is 5.13. The molecule has 134 valence electrons. The van der Waals surface area contributed by atoms with E-state index in [-0.39, 0.29) is 4.90 Å². The van der Waals surface area contributed by atoms with Crippen LogP contribution in [-0.4, -0.2) is 25.6 Å². The summed E-state index contributed by atoms with van der Waals surface area (Å²) in [7, 11) is -3.39. The molecule has 0 unspecified atom stereocenters. The molecule has 0 saturated heterocycles. The van der Waals surface area contributed by atoms with E-state index in [2.05, 4.69) is 10.3 Å². The highest BCUT2D eigenvalue weighted by Crippen LogP contribution is 2.30. The zero-order chi connectivity index (χ0) is 18.9. The summed E-state index contributed by atoms with van der Waals surface area (Å²) in [6.07, 6.45) is 1.11. The van der Waals surface area contributed by atoms with Crippen LogP contribution in [0, 0.1) is 6.92 Å². The van der Waals surface area contributed by atoms with Crippen LogP contribution in [0.25, 0.3) is 11.3 Å². The number of hydrogen-bond acceptors (Lipinski definition) is 5. The van der Waals surface area contributed by atoms with E-state index in [0.29, 0.717) is 27.0 Å². The molecule has 0 spiro atoms. The molecule has 0 radical (unpaired) electrons. The Balaban J connectivity index is 1.87. The molecule has 0 fully saturated rings. The van der Waals surface area contributed by atoms with Gasteiger partial charge in [0.1, 0.15) is 0 Å². The fourth-order valence-corrected chi connectivity index (χ4v) is 3.95. The average Bonchev–Trinajstić information content (AvgIpc) is 3.02. The van der Waals surface area contributed by atoms with E-state index in [1.54, 1.807) is 24.4 Å². The number of halogens is 1. The molecule has 3 aromatic rings. The average molecular weight is 407 g/mol. The molecule has 0 bridgehead atoms. The lowest BCUT2D eigenvalue weighted by atomic mass is 10.1. The quantitative estimate of drug-likeness (QED) is 0.695. The summed E-state index contributed by atoms with van der Waals surface area (Å²) >= 11 is 7.44. The van der Waals surface area contributed by atoms with Gasteiger partial charge in [-0.3, -0.25) is 10.1 Å². The van der Waals surface area contributed by atoms with E-state index in [1.165, 1.54) is 23.5 Å². The molecule has 0 aliphatic rings. The van der Waals surface area contributed by atoms with Gasteiger partial charge in [0.05, 0.1) is 10.6 Å². The number of nitrogens with zero attached hydrogens (tertiary/aromatic N) is 1. The van der Waals surface area contributed by atoms with Crippen molar-refractivity contribution in [1.29, 1.82) is 0 Å². The van der Waals surface area contributed by atoms with Crippen LogP contribution >= 0.6 is 22.9 Å². The molecular formula is C18H15ClN2O3S2. The Morgan fingerprint density at radius 2 is 1.92 bits per heavy atom. The second-order valence-corrected chi connectivity index (χ2v) is 9.00. The number of anilines is 1. The summed E-state index contributed by atoms with van der Waals surface area (Å²) in [6, 6.07) is 11.8. The van der Waals surface area contributed by atoms with Crippen molar-refractivity contribution < 1.29 is 13.2 Å². The number of aryl methyl sites for hydroxylation is 1. The number of aromatic nitrogens is 1. The van der Waals surface area contributed by atoms with Crippen molar-refractivity contribution in [2.24, 2.45) is 0 Å². The maximum atomic E-state index is 12.6. The van der Waals surface area contributed by atoms with Gasteiger partial charge >= 0.3 is 0 Å². The number of hydrogen-bond donors (Lipinski definition) is 1. The Hall–Kier alpha value is -2.22. The number of carbonyl (C=O) groups is 1. The lowest BCUT2D eigenvalue weighted by molar-refractivity contribution is 0.102. The predicted molar refractivity (Wildman–Crippen MR) is 105 cm³/mol. The Bertz CT molecular complexity index is 1090. The third-order valence-electron chi connectivity index (χ3n) is 3.76. The van der Waals surface area contributed by atoms with Gasteiger partial charge < -0.3 is 0 Å². The zero-order valence-corrected chi connectivity index (χ0v) is 16.4. The number of thiazole rings is 1. The molecule has 0 atom stereocenters. The van der Waals surface area contributed by atoms with Crippen molar-refractivity contribution in [1.82, 2.24) is 4.98 Å². The van der Waals surface area contributed by atoms with Crippen LogP contribution < -0.4 is 5.32 Å². The van der Waals surface area contributed by atoms with E-state index in [4.69, 9.17) is 11.6 Å². The first-order valence-corrected chi connectivity index (χ1v) is 10.7. The highest BCUT2D eigenvalue weighted by atomic mass is 35.5. The first-order chi connectivity index (χ1) is 12.3. The number of amides is 1.